The predicted molar refractivity (Wildman–Crippen MR) is 117 cm³/mol. The summed E-state index contributed by atoms with van der Waals surface area (Å²) in [4.78, 5) is 31.9. The van der Waals surface area contributed by atoms with Gasteiger partial charge in [-0.15, -0.1) is 0 Å². The number of methoxy groups -OCH3 is 1. The highest BCUT2D eigenvalue weighted by Gasteiger charge is 2.45. The molecule has 3 aromatic heterocycles. The van der Waals surface area contributed by atoms with Crippen molar-refractivity contribution in [2.75, 3.05) is 13.7 Å². The number of hydrogen-bond donors (Lipinski definition) is 1. The molecule has 0 saturated heterocycles. The third-order valence-electron chi connectivity index (χ3n) is 5.69. The Morgan fingerprint density at radius 2 is 2.12 bits per heavy atom. The van der Waals surface area contributed by atoms with E-state index in [2.05, 4.69) is 4.98 Å². The smallest absolute Gasteiger partial charge is 0.290 e. The van der Waals surface area contributed by atoms with Gasteiger partial charge in [0.25, 0.3) is 5.91 Å². The van der Waals surface area contributed by atoms with E-state index >= 15 is 0 Å². The number of imidazole rings is 1. The van der Waals surface area contributed by atoms with Crippen LogP contribution < -0.4 is 4.74 Å². The molecule has 0 spiro atoms. The number of ether oxygens (including phenoxy) is 1. The number of aromatic nitrogens is 2. The fourth-order valence-electron chi connectivity index (χ4n) is 4.14. The Labute approximate surface area is 188 Å². The number of carbonyl (C=O) groups excluding carboxylic acids is 2. The summed E-state index contributed by atoms with van der Waals surface area (Å²) in [6.45, 7) is 0.930. The van der Waals surface area contributed by atoms with Crippen LogP contribution in [0.2, 0.25) is 0 Å². The molecule has 0 bridgehead atoms. The van der Waals surface area contributed by atoms with Crippen molar-refractivity contribution in [3.8, 4) is 5.75 Å². The molecule has 1 aliphatic rings. The lowest BCUT2D eigenvalue weighted by Gasteiger charge is -2.24. The standard InChI is InChI=1S/C24H21N3O6/c1-31-17-6-2-5-15-13-18(33-23(15)17)21(28)19-20(16-7-3-12-32-16)27(24(30)22(19)29)10-4-9-26-11-8-25-14-26/h2-3,5-8,11-14,20,29H,4,9-10H2,1H3/t20-/m0/s1. The van der Waals surface area contributed by atoms with Crippen LogP contribution in [-0.2, 0) is 11.3 Å². The van der Waals surface area contributed by atoms with E-state index in [4.69, 9.17) is 13.6 Å². The molecular formula is C24H21N3O6. The van der Waals surface area contributed by atoms with Gasteiger partial charge in [-0.05, 0) is 30.7 Å². The van der Waals surface area contributed by atoms with Crippen LogP contribution in [0, 0.1) is 0 Å². The van der Waals surface area contributed by atoms with E-state index < -0.39 is 23.5 Å². The lowest BCUT2D eigenvalue weighted by Crippen LogP contribution is -2.32. The van der Waals surface area contributed by atoms with E-state index in [-0.39, 0.29) is 11.3 Å². The van der Waals surface area contributed by atoms with Crippen LogP contribution in [0.3, 0.4) is 0 Å². The fraction of sp³-hybridized carbons (Fsp3) is 0.208. The van der Waals surface area contributed by atoms with Crippen LogP contribution in [0.1, 0.15) is 28.8 Å². The Morgan fingerprint density at radius 1 is 1.24 bits per heavy atom. The summed E-state index contributed by atoms with van der Waals surface area (Å²) in [5.41, 5.74) is 0.343. The van der Waals surface area contributed by atoms with Crippen LogP contribution in [0.15, 0.2) is 81.5 Å². The second-order valence-corrected chi connectivity index (χ2v) is 7.65. The number of benzene rings is 1. The number of amides is 1. The summed E-state index contributed by atoms with van der Waals surface area (Å²) in [7, 11) is 1.51. The van der Waals surface area contributed by atoms with Gasteiger partial charge in [-0.25, -0.2) is 4.98 Å². The number of aliphatic hydroxyl groups excluding tert-OH is 1. The predicted octanol–water partition coefficient (Wildman–Crippen LogP) is 3.90. The Hall–Kier alpha value is -4.27. The molecule has 1 aromatic carbocycles. The number of para-hydroxylation sites is 1. The highest BCUT2D eigenvalue weighted by molar-refractivity contribution is 6.16. The number of aliphatic hydroxyl groups is 1. The summed E-state index contributed by atoms with van der Waals surface area (Å²) in [5.74, 6) is -0.947. The van der Waals surface area contributed by atoms with E-state index in [1.807, 2.05) is 10.8 Å². The van der Waals surface area contributed by atoms with Crippen LogP contribution in [0.25, 0.3) is 11.0 Å². The molecule has 1 amide bonds. The summed E-state index contributed by atoms with van der Waals surface area (Å²) >= 11 is 0. The second kappa shape index (κ2) is 8.34. The number of hydrogen-bond acceptors (Lipinski definition) is 7. The third-order valence-corrected chi connectivity index (χ3v) is 5.69. The molecule has 0 saturated carbocycles. The molecule has 0 fully saturated rings. The maximum Gasteiger partial charge on any atom is 0.290 e. The quantitative estimate of drug-likeness (QED) is 0.408. The first-order chi connectivity index (χ1) is 16.1. The number of aryl methyl sites for hydroxylation is 1. The average molecular weight is 447 g/mol. The lowest BCUT2D eigenvalue weighted by atomic mass is 9.99. The van der Waals surface area contributed by atoms with Crippen LogP contribution in [0.5, 0.6) is 5.75 Å². The van der Waals surface area contributed by atoms with Crippen molar-refractivity contribution in [1.29, 1.82) is 0 Å². The number of carbonyl (C=O) groups is 2. The molecule has 168 valence electrons. The molecular weight excluding hydrogens is 426 g/mol. The van der Waals surface area contributed by atoms with Crippen molar-refractivity contribution in [3.05, 3.63) is 84.2 Å². The van der Waals surface area contributed by atoms with Crippen molar-refractivity contribution in [1.82, 2.24) is 14.5 Å². The van der Waals surface area contributed by atoms with Crippen molar-refractivity contribution in [3.63, 3.8) is 0 Å². The first-order valence-electron chi connectivity index (χ1n) is 10.4. The summed E-state index contributed by atoms with van der Waals surface area (Å²) in [6.07, 6.45) is 7.26. The van der Waals surface area contributed by atoms with E-state index in [1.165, 1.54) is 18.3 Å². The maximum atomic E-state index is 13.5. The average Bonchev–Trinajstić information content (AvgIpc) is 3.62. The Kier molecular flexibility index (Phi) is 5.21. The number of ketones is 1. The fourth-order valence-corrected chi connectivity index (χ4v) is 4.14. The van der Waals surface area contributed by atoms with Gasteiger partial charge in [-0.3, -0.25) is 9.59 Å². The minimum Gasteiger partial charge on any atom is -0.503 e. The molecule has 4 aromatic rings. The Morgan fingerprint density at radius 3 is 2.85 bits per heavy atom. The molecule has 4 heterocycles. The van der Waals surface area contributed by atoms with Crippen molar-refractivity contribution < 1.29 is 28.3 Å². The van der Waals surface area contributed by atoms with Gasteiger partial charge in [0.1, 0.15) is 11.8 Å². The maximum absolute atomic E-state index is 13.5. The summed E-state index contributed by atoms with van der Waals surface area (Å²) in [6, 6.07) is 9.36. The van der Waals surface area contributed by atoms with Crippen molar-refractivity contribution in [2.24, 2.45) is 0 Å². The number of rotatable bonds is 8. The monoisotopic (exact) mass is 447 g/mol. The Bertz CT molecular complexity index is 1330. The van der Waals surface area contributed by atoms with E-state index in [0.29, 0.717) is 42.0 Å². The van der Waals surface area contributed by atoms with Gasteiger partial charge in [0.15, 0.2) is 22.9 Å². The van der Waals surface area contributed by atoms with Gasteiger partial charge in [-0.2, -0.15) is 0 Å². The molecule has 1 N–H and O–H groups in total. The van der Waals surface area contributed by atoms with E-state index in [9.17, 15) is 14.7 Å². The molecule has 9 nitrogen and oxygen atoms in total. The largest absolute Gasteiger partial charge is 0.503 e. The summed E-state index contributed by atoms with van der Waals surface area (Å²) < 4.78 is 18.5. The zero-order valence-corrected chi connectivity index (χ0v) is 17.8. The molecule has 0 radical (unpaired) electrons. The lowest BCUT2D eigenvalue weighted by molar-refractivity contribution is -0.129. The van der Waals surface area contributed by atoms with Gasteiger partial charge >= 0.3 is 0 Å². The van der Waals surface area contributed by atoms with E-state index in [1.54, 1.807) is 48.9 Å². The van der Waals surface area contributed by atoms with Crippen LogP contribution in [0.4, 0.5) is 0 Å². The van der Waals surface area contributed by atoms with Crippen molar-refractivity contribution >= 4 is 22.7 Å². The number of furan rings is 2. The van der Waals surface area contributed by atoms with Crippen LogP contribution in [-0.4, -0.2) is 44.9 Å². The topological polar surface area (TPSA) is 111 Å². The second-order valence-electron chi connectivity index (χ2n) is 7.65. The first kappa shape index (κ1) is 20.6. The zero-order valence-electron chi connectivity index (χ0n) is 17.8. The highest BCUT2D eigenvalue weighted by atomic mass is 16.5. The molecule has 1 aliphatic heterocycles. The normalized spacial score (nSPS) is 16.2. The molecule has 0 aliphatic carbocycles. The molecule has 9 heteroatoms. The van der Waals surface area contributed by atoms with Gasteiger partial charge < -0.3 is 28.1 Å². The number of nitrogens with zero attached hydrogens (tertiary/aromatic N) is 3. The van der Waals surface area contributed by atoms with Gasteiger partial charge in [0, 0.05) is 30.9 Å². The molecule has 1 atom stereocenters. The number of fused-ring (bicyclic) bond motifs is 1. The minimum atomic E-state index is -0.863. The minimum absolute atomic E-state index is 0.000622. The van der Waals surface area contributed by atoms with Gasteiger partial charge in [0.05, 0.1) is 25.3 Å². The SMILES string of the molecule is COc1cccc2cc(C(=O)C3=C(O)C(=O)N(CCCn4ccnc4)[C@H]3c3ccco3)oc12. The Balaban J connectivity index is 1.48. The zero-order chi connectivity index (χ0) is 22.9. The number of Topliss-reactive ketones (excluding diaryl/α,β-unsaturated/α-hetero) is 1. The van der Waals surface area contributed by atoms with Crippen LogP contribution >= 0.6 is 0 Å². The molecule has 33 heavy (non-hydrogen) atoms. The summed E-state index contributed by atoms with van der Waals surface area (Å²) in [5, 5.41) is 11.4. The first-order valence-corrected chi connectivity index (χ1v) is 10.4. The molecule has 0 unspecified atom stereocenters. The van der Waals surface area contributed by atoms with Gasteiger partial charge in [0.2, 0.25) is 5.78 Å². The van der Waals surface area contributed by atoms with Gasteiger partial charge in [-0.1, -0.05) is 12.1 Å². The highest BCUT2D eigenvalue weighted by Crippen LogP contribution is 2.40. The third kappa shape index (κ3) is 3.57. The van der Waals surface area contributed by atoms with Crippen molar-refractivity contribution in [2.45, 2.75) is 19.0 Å². The van der Waals surface area contributed by atoms with E-state index in [0.717, 1.165) is 0 Å². The molecule has 5 rings (SSSR count).